The molecule has 0 radical (unpaired) electrons. The largest absolute Gasteiger partial charge is 0.472 e. The predicted molar refractivity (Wildman–Crippen MR) is 59.3 cm³/mol. The molecule has 0 aliphatic carbocycles. The molecular weight excluding hydrogens is 212 g/mol. The highest BCUT2D eigenvalue weighted by Crippen LogP contribution is 2.27. The fourth-order valence-electron chi connectivity index (χ4n) is 1.45. The van der Waals surface area contributed by atoms with Crippen LogP contribution in [0.25, 0.3) is 11.1 Å². The Bertz CT molecular complexity index is 500. The molecule has 0 aliphatic heterocycles. The van der Waals surface area contributed by atoms with Crippen molar-refractivity contribution in [2.24, 2.45) is 0 Å². The molecule has 0 saturated heterocycles. The van der Waals surface area contributed by atoms with Gasteiger partial charge in [-0.3, -0.25) is 4.79 Å². The van der Waals surface area contributed by atoms with Gasteiger partial charge in [-0.2, -0.15) is 0 Å². The van der Waals surface area contributed by atoms with Gasteiger partial charge in [-0.1, -0.05) is 17.7 Å². The number of furan rings is 1. The van der Waals surface area contributed by atoms with Crippen LogP contribution in [0.2, 0.25) is 5.02 Å². The number of halogens is 1. The first-order chi connectivity index (χ1) is 7.22. The molecule has 2 rings (SSSR count). The van der Waals surface area contributed by atoms with Crippen LogP contribution in [0.4, 0.5) is 0 Å². The average Bonchev–Trinajstić information content (AvgIpc) is 2.64. The molecule has 15 heavy (non-hydrogen) atoms. The maximum atomic E-state index is 10.6. The molecule has 1 aromatic carbocycles. The minimum atomic E-state index is 0.461. The average molecular weight is 221 g/mol. The van der Waals surface area contributed by atoms with Crippen LogP contribution < -0.4 is 0 Å². The molecule has 0 bridgehead atoms. The number of rotatable bonds is 2. The lowest BCUT2D eigenvalue weighted by Gasteiger charge is -2.01. The van der Waals surface area contributed by atoms with Crippen molar-refractivity contribution in [3.05, 3.63) is 46.9 Å². The number of hydrogen-bond donors (Lipinski definition) is 0. The molecule has 0 N–H and O–H groups in total. The summed E-state index contributed by atoms with van der Waals surface area (Å²) in [6.45, 7) is 1.96. The van der Waals surface area contributed by atoms with Gasteiger partial charge in [0, 0.05) is 11.1 Å². The first-order valence-corrected chi connectivity index (χ1v) is 4.88. The van der Waals surface area contributed by atoms with E-state index in [-0.39, 0.29) is 0 Å². The summed E-state index contributed by atoms with van der Waals surface area (Å²) in [6.07, 6.45) is 4.09. The number of hydrogen-bond acceptors (Lipinski definition) is 2. The van der Waals surface area contributed by atoms with Gasteiger partial charge in [-0.25, -0.2) is 0 Å². The third-order valence-electron chi connectivity index (χ3n) is 2.29. The van der Waals surface area contributed by atoms with Gasteiger partial charge in [0.15, 0.2) is 6.29 Å². The lowest BCUT2D eigenvalue weighted by Crippen LogP contribution is -1.84. The molecule has 0 amide bonds. The number of aryl methyl sites for hydroxylation is 1. The minimum absolute atomic E-state index is 0.461. The molecule has 1 aromatic heterocycles. The van der Waals surface area contributed by atoms with Crippen LogP contribution in [0.5, 0.6) is 0 Å². The molecule has 2 nitrogen and oxygen atoms in total. The summed E-state index contributed by atoms with van der Waals surface area (Å²) in [6, 6.07) is 5.33. The van der Waals surface area contributed by atoms with Crippen LogP contribution in [0, 0.1) is 6.92 Å². The van der Waals surface area contributed by atoms with Crippen molar-refractivity contribution in [1.29, 1.82) is 0 Å². The fraction of sp³-hybridized carbons (Fsp3) is 0.0833. The minimum Gasteiger partial charge on any atom is -0.472 e. The van der Waals surface area contributed by atoms with E-state index < -0.39 is 0 Å². The molecular formula is C12H9ClO2. The first kappa shape index (κ1) is 9.99. The second-order valence-corrected chi connectivity index (χ2v) is 3.73. The van der Waals surface area contributed by atoms with Crippen LogP contribution in [0.1, 0.15) is 15.9 Å². The molecule has 76 valence electrons. The van der Waals surface area contributed by atoms with Crippen molar-refractivity contribution < 1.29 is 9.21 Å². The summed E-state index contributed by atoms with van der Waals surface area (Å²) < 4.78 is 5.08. The lowest BCUT2D eigenvalue weighted by molar-refractivity contribution is 0.112. The second kappa shape index (κ2) is 3.91. The number of carbonyl (C=O) groups excluding carboxylic acids is 1. The zero-order valence-corrected chi connectivity index (χ0v) is 8.91. The summed E-state index contributed by atoms with van der Waals surface area (Å²) in [4.78, 5) is 10.6. The maximum absolute atomic E-state index is 10.6. The first-order valence-electron chi connectivity index (χ1n) is 4.50. The fourth-order valence-corrected chi connectivity index (χ4v) is 1.67. The van der Waals surface area contributed by atoms with Crippen molar-refractivity contribution in [3.8, 4) is 11.1 Å². The number of aldehydes is 1. The van der Waals surface area contributed by atoms with Gasteiger partial charge in [0.05, 0.1) is 17.5 Å². The van der Waals surface area contributed by atoms with E-state index in [2.05, 4.69) is 0 Å². The predicted octanol–water partition coefficient (Wildman–Crippen LogP) is 3.72. The van der Waals surface area contributed by atoms with E-state index in [4.69, 9.17) is 16.0 Å². The molecule has 0 atom stereocenters. The van der Waals surface area contributed by atoms with Gasteiger partial charge in [0.25, 0.3) is 0 Å². The molecule has 0 saturated carbocycles. The Morgan fingerprint density at radius 3 is 2.67 bits per heavy atom. The Kier molecular flexibility index (Phi) is 2.60. The summed E-state index contributed by atoms with van der Waals surface area (Å²) in [5.74, 6) is 0. The monoisotopic (exact) mass is 220 g/mol. The Labute approximate surface area is 92.5 Å². The van der Waals surface area contributed by atoms with Crippen LogP contribution in [0.3, 0.4) is 0 Å². The zero-order valence-electron chi connectivity index (χ0n) is 8.16. The van der Waals surface area contributed by atoms with Crippen LogP contribution in [0.15, 0.2) is 35.1 Å². The van der Waals surface area contributed by atoms with Crippen LogP contribution in [-0.2, 0) is 0 Å². The van der Waals surface area contributed by atoms with Crippen molar-refractivity contribution >= 4 is 17.9 Å². The summed E-state index contributed by atoms with van der Waals surface area (Å²) in [5.41, 5.74) is 3.50. The van der Waals surface area contributed by atoms with Crippen molar-refractivity contribution in [3.63, 3.8) is 0 Å². The van der Waals surface area contributed by atoms with Gasteiger partial charge in [0.2, 0.25) is 0 Å². The Morgan fingerprint density at radius 2 is 2.13 bits per heavy atom. The molecule has 2 aromatic rings. The lowest BCUT2D eigenvalue weighted by atomic mass is 10.0. The summed E-state index contributed by atoms with van der Waals surface area (Å²) in [5, 5.41) is 0.461. The molecule has 0 spiro atoms. The number of carbonyl (C=O) groups is 1. The highest BCUT2D eigenvalue weighted by molar-refractivity contribution is 6.33. The maximum Gasteiger partial charge on any atom is 0.151 e. The van der Waals surface area contributed by atoms with E-state index in [1.807, 2.05) is 13.0 Å². The summed E-state index contributed by atoms with van der Waals surface area (Å²) in [7, 11) is 0. The van der Waals surface area contributed by atoms with Gasteiger partial charge < -0.3 is 4.42 Å². The molecule has 0 fully saturated rings. The van der Waals surface area contributed by atoms with Gasteiger partial charge >= 0.3 is 0 Å². The van der Waals surface area contributed by atoms with E-state index in [0.717, 1.165) is 23.0 Å². The summed E-state index contributed by atoms with van der Waals surface area (Å²) >= 11 is 5.94. The van der Waals surface area contributed by atoms with Crippen molar-refractivity contribution in [2.45, 2.75) is 6.92 Å². The smallest absolute Gasteiger partial charge is 0.151 e. The molecule has 1 heterocycles. The van der Waals surface area contributed by atoms with Crippen molar-refractivity contribution in [1.82, 2.24) is 0 Å². The topological polar surface area (TPSA) is 30.2 Å². The van der Waals surface area contributed by atoms with Gasteiger partial charge in [-0.15, -0.1) is 0 Å². The third-order valence-corrected chi connectivity index (χ3v) is 2.62. The Balaban J connectivity index is 2.52. The Hall–Kier alpha value is -1.54. The number of benzene rings is 1. The highest BCUT2D eigenvalue weighted by Gasteiger charge is 2.06. The zero-order chi connectivity index (χ0) is 10.8. The second-order valence-electron chi connectivity index (χ2n) is 3.32. The van der Waals surface area contributed by atoms with Gasteiger partial charge in [0.1, 0.15) is 0 Å². The quantitative estimate of drug-likeness (QED) is 0.722. The Morgan fingerprint density at radius 1 is 1.33 bits per heavy atom. The molecule has 0 unspecified atom stereocenters. The van der Waals surface area contributed by atoms with Gasteiger partial charge in [-0.05, 0) is 30.2 Å². The molecule has 0 aliphatic rings. The van der Waals surface area contributed by atoms with Crippen molar-refractivity contribution in [2.75, 3.05) is 0 Å². The van der Waals surface area contributed by atoms with E-state index in [9.17, 15) is 4.79 Å². The van der Waals surface area contributed by atoms with Crippen LogP contribution in [-0.4, -0.2) is 6.29 Å². The standard InChI is InChI=1S/C12H9ClO2/c1-8-6-15-7-11(8)9-2-3-10(5-14)12(13)4-9/h2-7H,1H3. The molecule has 3 heteroatoms. The SMILES string of the molecule is Cc1cocc1-c1ccc(C=O)c(Cl)c1. The van der Waals surface area contributed by atoms with E-state index in [1.165, 1.54) is 0 Å². The van der Waals surface area contributed by atoms with E-state index >= 15 is 0 Å². The van der Waals surface area contributed by atoms with E-state index in [0.29, 0.717) is 10.6 Å². The normalized spacial score (nSPS) is 10.3. The van der Waals surface area contributed by atoms with Crippen LogP contribution >= 0.6 is 11.6 Å². The van der Waals surface area contributed by atoms with E-state index in [1.54, 1.807) is 24.7 Å². The highest BCUT2D eigenvalue weighted by atomic mass is 35.5. The third kappa shape index (κ3) is 1.81.